The third kappa shape index (κ3) is 20.9. The monoisotopic (exact) mass is 1050 g/mol. The van der Waals surface area contributed by atoms with Crippen LogP contribution in [-0.4, -0.2) is 161 Å². The number of aliphatic hydroxyl groups excluding tert-OH is 2. The molecule has 0 spiro atoms. The van der Waals surface area contributed by atoms with Crippen LogP contribution in [-0.2, 0) is 56.0 Å². The summed E-state index contributed by atoms with van der Waals surface area (Å²) in [6, 6.07) is 7.19. The molecule has 0 aromatic heterocycles. The Bertz CT molecular complexity index is 2240. The maximum Gasteiger partial charge on any atom is 0.245 e. The fraction of sp³-hybridized carbons (Fsp3) is 0.560. The standard InChI is InChI=1S/C50H78N14O11/c1-4-29(2)40(47(73)59-34(20-13-23-56-50(54)55)44(70)60-36(42(53)68)25-31-15-7-5-8-16-31)62-45(71)37(26-32-17-9-6-10-18-32)61-48(74)41(30(3)66)63-46(72)38-21-14-24-64(38)49(75)35(19-11-12-22-51)58-39(67)27-57-43(69)33(52)28-65/h5-10,15-18,29-30,33-38,40-41,65-66H,4,11-14,19-28,51-52H2,1-3H3,(H2,53,68)(H,57,69)(H,58,67)(H,59,73)(H,60,70)(H,61,74)(H,62,71)(H,63,72)(H4,54,55,56)/t29-,30+,33-,34-,35-,36-,37-,38-,40-,41-/m0/s1. The number of unbranched alkanes of at least 4 members (excludes halogenated alkanes) is 1. The van der Waals surface area contributed by atoms with E-state index in [1.165, 1.54) is 11.8 Å². The van der Waals surface area contributed by atoms with E-state index in [4.69, 9.17) is 33.8 Å². The Morgan fingerprint density at radius 2 is 1.25 bits per heavy atom. The third-order valence-corrected chi connectivity index (χ3v) is 12.7. The molecule has 25 heteroatoms. The fourth-order valence-electron chi connectivity index (χ4n) is 8.19. The number of aliphatic hydroxyl groups is 2. The van der Waals surface area contributed by atoms with Gasteiger partial charge in [0, 0.05) is 25.9 Å². The molecule has 25 nitrogen and oxygen atoms in total. The van der Waals surface area contributed by atoms with Crippen molar-refractivity contribution in [2.45, 2.75) is 139 Å². The molecule has 9 amide bonds. The van der Waals surface area contributed by atoms with Gasteiger partial charge in [0.05, 0.1) is 19.3 Å². The van der Waals surface area contributed by atoms with Crippen LogP contribution in [0, 0.1) is 5.92 Å². The van der Waals surface area contributed by atoms with Crippen molar-refractivity contribution in [1.82, 2.24) is 42.1 Å². The van der Waals surface area contributed by atoms with Crippen molar-refractivity contribution in [1.29, 1.82) is 0 Å². The second-order valence-corrected chi connectivity index (χ2v) is 18.6. The molecule has 1 aliphatic heterocycles. The quantitative estimate of drug-likeness (QED) is 0.0188. The first kappa shape index (κ1) is 62.1. The van der Waals surface area contributed by atoms with Gasteiger partial charge in [0.25, 0.3) is 0 Å². The van der Waals surface area contributed by atoms with Crippen LogP contribution < -0.4 is 65.9 Å². The van der Waals surface area contributed by atoms with E-state index in [9.17, 15) is 48.3 Å². The van der Waals surface area contributed by atoms with Crippen molar-refractivity contribution in [3.63, 3.8) is 0 Å². The van der Waals surface area contributed by atoms with E-state index in [2.05, 4.69) is 42.2 Å². The molecule has 414 valence electrons. The summed E-state index contributed by atoms with van der Waals surface area (Å²) in [5.41, 5.74) is 29.2. The Hall–Kier alpha value is -7.22. The van der Waals surface area contributed by atoms with E-state index in [-0.39, 0.29) is 57.6 Å². The SMILES string of the molecule is CC[C@H](C)[C@H](NC(=O)[C@H](Cc1ccccc1)NC(=O)[C@@H](NC(=O)[C@@H]1CCCN1C(=O)[C@H](CCCCN)NC(=O)CNC(=O)[C@@H](N)CO)[C@@H](C)O)C(=O)N[C@@H](CCCN=C(N)N)C(=O)N[C@@H](Cc1ccccc1)C(N)=O. The summed E-state index contributed by atoms with van der Waals surface area (Å²) in [5.74, 6) is -7.73. The molecule has 0 unspecified atom stereocenters. The molecule has 2 aromatic rings. The average Bonchev–Trinajstić information content (AvgIpc) is 3.89. The maximum atomic E-state index is 14.5. The lowest BCUT2D eigenvalue weighted by atomic mass is 9.96. The van der Waals surface area contributed by atoms with E-state index in [0.717, 1.165) is 5.56 Å². The predicted molar refractivity (Wildman–Crippen MR) is 278 cm³/mol. The largest absolute Gasteiger partial charge is 0.394 e. The zero-order valence-corrected chi connectivity index (χ0v) is 43.0. The molecule has 0 saturated carbocycles. The lowest BCUT2D eigenvalue weighted by Gasteiger charge is -2.31. The highest BCUT2D eigenvalue weighted by atomic mass is 16.3. The first-order valence-corrected chi connectivity index (χ1v) is 25.3. The van der Waals surface area contributed by atoms with Gasteiger partial charge >= 0.3 is 0 Å². The van der Waals surface area contributed by atoms with Gasteiger partial charge < -0.3 is 81.0 Å². The number of nitrogens with two attached hydrogens (primary N) is 5. The minimum absolute atomic E-state index is 0.00771. The van der Waals surface area contributed by atoms with Gasteiger partial charge in [0.1, 0.15) is 48.3 Å². The van der Waals surface area contributed by atoms with Crippen molar-refractivity contribution in [2.75, 3.05) is 32.8 Å². The van der Waals surface area contributed by atoms with Crippen LogP contribution >= 0.6 is 0 Å². The van der Waals surface area contributed by atoms with Gasteiger partial charge in [0.2, 0.25) is 53.2 Å². The number of guanidine groups is 1. The molecule has 1 saturated heterocycles. The van der Waals surface area contributed by atoms with E-state index >= 15 is 0 Å². The van der Waals surface area contributed by atoms with Crippen molar-refractivity contribution in [2.24, 2.45) is 39.6 Å². The second kappa shape index (κ2) is 32.2. The van der Waals surface area contributed by atoms with Crippen molar-refractivity contribution in [3.05, 3.63) is 71.8 Å². The number of nitrogens with one attached hydrogen (secondary N) is 7. The van der Waals surface area contributed by atoms with E-state index in [0.29, 0.717) is 37.8 Å². The summed E-state index contributed by atoms with van der Waals surface area (Å²) < 4.78 is 0. The van der Waals surface area contributed by atoms with Crippen LogP contribution in [0.3, 0.4) is 0 Å². The summed E-state index contributed by atoms with van der Waals surface area (Å²) in [7, 11) is 0. The number of nitrogens with zero attached hydrogens (tertiary/aromatic N) is 2. The summed E-state index contributed by atoms with van der Waals surface area (Å²) in [6.45, 7) is 4.07. The first-order valence-electron chi connectivity index (χ1n) is 25.3. The minimum atomic E-state index is -1.66. The van der Waals surface area contributed by atoms with Crippen molar-refractivity contribution < 1.29 is 53.4 Å². The Morgan fingerprint density at radius 1 is 0.693 bits per heavy atom. The Balaban J connectivity index is 1.86. The number of carbonyl (C=O) groups excluding carboxylic acids is 9. The summed E-state index contributed by atoms with van der Waals surface area (Å²) in [4.78, 5) is 128. The second-order valence-electron chi connectivity index (χ2n) is 18.6. The van der Waals surface area contributed by atoms with E-state index in [1.54, 1.807) is 74.5 Å². The summed E-state index contributed by atoms with van der Waals surface area (Å²) in [5, 5.41) is 38.3. The molecule has 0 aliphatic carbocycles. The van der Waals surface area contributed by atoms with E-state index < -0.39 is 127 Å². The van der Waals surface area contributed by atoms with Crippen molar-refractivity contribution in [3.8, 4) is 0 Å². The van der Waals surface area contributed by atoms with Gasteiger partial charge in [-0.05, 0) is 75.5 Å². The Kier molecular flexibility index (Phi) is 26.6. The van der Waals surface area contributed by atoms with Gasteiger partial charge in [-0.15, -0.1) is 0 Å². The molecular weight excluding hydrogens is 973 g/mol. The van der Waals surface area contributed by atoms with Crippen LogP contribution in [0.4, 0.5) is 0 Å². The molecule has 0 bridgehead atoms. The average molecular weight is 1050 g/mol. The van der Waals surface area contributed by atoms with Gasteiger partial charge in [0.15, 0.2) is 5.96 Å². The number of rotatable bonds is 32. The number of amides is 9. The number of hydrogen-bond donors (Lipinski definition) is 14. The van der Waals surface area contributed by atoms with Gasteiger partial charge in [-0.25, -0.2) is 0 Å². The Morgan fingerprint density at radius 3 is 1.81 bits per heavy atom. The third-order valence-electron chi connectivity index (χ3n) is 12.7. The van der Waals surface area contributed by atoms with E-state index in [1.807, 2.05) is 0 Å². The highest BCUT2D eigenvalue weighted by Gasteiger charge is 2.41. The Labute approximate surface area is 437 Å². The van der Waals surface area contributed by atoms with Crippen LogP contribution in [0.1, 0.15) is 83.3 Å². The number of primary amides is 1. The smallest absolute Gasteiger partial charge is 0.245 e. The van der Waals surface area contributed by atoms with Crippen LogP contribution in [0.5, 0.6) is 0 Å². The topological polar surface area (TPSA) is 424 Å². The molecule has 10 atom stereocenters. The maximum absolute atomic E-state index is 14.5. The lowest BCUT2D eigenvalue weighted by molar-refractivity contribution is -0.143. The van der Waals surface area contributed by atoms with Gasteiger partial charge in [-0.3, -0.25) is 48.1 Å². The highest BCUT2D eigenvalue weighted by molar-refractivity contribution is 5.98. The highest BCUT2D eigenvalue weighted by Crippen LogP contribution is 2.21. The van der Waals surface area contributed by atoms with Crippen LogP contribution in [0.15, 0.2) is 65.7 Å². The van der Waals surface area contributed by atoms with Gasteiger partial charge in [-0.1, -0.05) is 80.9 Å². The molecule has 3 rings (SSSR count). The molecule has 75 heavy (non-hydrogen) atoms. The molecular formula is C50H78N14O11. The zero-order chi connectivity index (χ0) is 55.6. The summed E-state index contributed by atoms with van der Waals surface area (Å²) >= 11 is 0. The fourth-order valence-corrected chi connectivity index (χ4v) is 8.19. The molecule has 0 radical (unpaired) electrons. The molecule has 19 N–H and O–H groups in total. The van der Waals surface area contributed by atoms with Gasteiger partial charge in [-0.2, -0.15) is 0 Å². The normalized spacial score (nSPS) is 16.7. The van der Waals surface area contributed by atoms with Crippen molar-refractivity contribution >= 4 is 59.1 Å². The number of likely N-dealkylation sites (tertiary alicyclic amines) is 1. The molecule has 2 aromatic carbocycles. The zero-order valence-electron chi connectivity index (χ0n) is 43.0. The number of benzene rings is 2. The molecule has 1 fully saturated rings. The summed E-state index contributed by atoms with van der Waals surface area (Å²) in [6.07, 6.45) is 0.654. The number of hydrogen-bond acceptors (Lipinski definition) is 14. The predicted octanol–water partition coefficient (Wildman–Crippen LogP) is -4.10. The van der Waals surface area contributed by atoms with Crippen LogP contribution in [0.2, 0.25) is 0 Å². The van der Waals surface area contributed by atoms with Crippen LogP contribution in [0.25, 0.3) is 0 Å². The first-order chi connectivity index (χ1) is 35.7. The lowest BCUT2D eigenvalue weighted by Crippen LogP contribution is -2.62. The number of aliphatic imine (C=N–C) groups is 1. The molecule has 1 heterocycles. The minimum Gasteiger partial charge on any atom is -0.394 e. The molecule has 1 aliphatic rings. The number of carbonyl (C=O) groups is 9.